The summed E-state index contributed by atoms with van der Waals surface area (Å²) in [5.74, 6) is -3.54. The fourth-order valence-electron chi connectivity index (χ4n) is 2.79. The van der Waals surface area contributed by atoms with E-state index < -0.39 is 63.4 Å². The molecule has 2 rings (SSSR count). The summed E-state index contributed by atoms with van der Waals surface area (Å²) in [6, 6.07) is 7.67. The molecule has 162 valence electrons. The molecule has 2 aromatic carbocycles. The molecule has 2 amide bonds. The number of nitrogens with one attached hydrogen (secondary N) is 1. The highest BCUT2D eigenvalue weighted by Crippen LogP contribution is 2.37. The minimum atomic E-state index is -4.23. The first kappa shape index (κ1) is 23.6. The van der Waals surface area contributed by atoms with E-state index in [1.807, 2.05) is 0 Å². The summed E-state index contributed by atoms with van der Waals surface area (Å²) >= 11 is 5.80. The van der Waals surface area contributed by atoms with Gasteiger partial charge in [-0.25, -0.2) is 22.0 Å². The summed E-state index contributed by atoms with van der Waals surface area (Å²) in [5.41, 5.74) is 4.50. The Balaban J connectivity index is 2.39. The zero-order chi connectivity index (χ0) is 22.5. The van der Waals surface area contributed by atoms with E-state index in [9.17, 15) is 26.8 Å². The second-order valence-electron chi connectivity index (χ2n) is 6.48. The lowest BCUT2D eigenvalue weighted by Crippen LogP contribution is -2.35. The van der Waals surface area contributed by atoms with Crippen LogP contribution in [0.25, 0.3) is 0 Å². The zero-order valence-electron chi connectivity index (χ0n) is 15.8. The average molecular weight is 461 g/mol. The molecular formula is C19H19ClF2N2O5S. The van der Waals surface area contributed by atoms with Crippen molar-refractivity contribution in [1.29, 1.82) is 0 Å². The Bertz CT molecular complexity index is 1030. The lowest BCUT2D eigenvalue weighted by atomic mass is 10.0. The highest BCUT2D eigenvalue weighted by atomic mass is 35.5. The molecule has 0 aliphatic heterocycles. The number of alkyl carbamates (subject to hydrolysis) is 1. The van der Waals surface area contributed by atoms with Crippen LogP contribution < -0.4 is 11.1 Å². The normalized spacial score (nSPS) is 13.3. The number of carbonyl (C=O) groups is 2. The molecule has 2 atom stereocenters. The zero-order valence-corrected chi connectivity index (χ0v) is 17.3. The number of benzene rings is 2. The van der Waals surface area contributed by atoms with Gasteiger partial charge in [-0.1, -0.05) is 18.5 Å². The Labute approximate surface area is 177 Å². The summed E-state index contributed by atoms with van der Waals surface area (Å²) in [6.07, 6.45) is -1.01. The predicted molar refractivity (Wildman–Crippen MR) is 105 cm³/mol. The monoisotopic (exact) mass is 460 g/mol. The van der Waals surface area contributed by atoms with Crippen LogP contribution in [0.2, 0.25) is 5.02 Å². The Morgan fingerprint density at radius 1 is 1.17 bits per heavy atom. The Morgan fingerprint density at radius 3 is 2.40 bits per heavy atom. The molecule has 0 spiro atoms. The molecule has 0 bridgehead atoms. The largest absolute Gasteiger partial charge is 0.449 e. The van der Waals surface area contributed by atoms with E-state index in [0.717, 1.165) is 18.2 Å². The standard InChI is InChI=1S/C19H19ClF2N2O5S/c1-11(10-29-19(26)24-9-17(23)25)18(15-8-13(21)4-7-16(15)22)30(27,28)14-5-2-12(20)3-6-14/h2-8,11,18H,9-10H2,1H3,(H2,23,25)(H,24,26)/t11-,18+/m1/s1. The van der Waals surface area contributed by atoms with Crippen LogP contribution in [0.1, 0.15) is 17.7 Å². The molecular weight excluding hydrogens is 442 g/mol. The molecule has 2 aromatic rings. The van der Waals surface area contributed by atoms with Gasteiger partial charge >= 0.3 is 6.09 Å². The highest BCUT2D eigenvalue weighted by molar-refractivity contribution is 7.91. The molecule has 0 radical (unpaired) electrons. The first-order chi connectivity index (χ1) is 14.0. The van der Waals surface area contributed by atoms with Crippen molar-refractivity contribution in [2.45, 2.75) is 17.1 Å². The fraction of sp³-hybridized carbons (Fsp3) is 0.263. The fourth-order valence-corrected chi connectivity index (χ4v) is 4.93. The number of ether oxygens (including phenoxy) is 1. The summed E-state index contributed by atoms with van der Waals surface area (Å²) < 4.78 is 59.7. The van der Waals surface area contributed by atoms with Gasteiger partial charge in [0.2, 0.25) is 5.91 Å². The summed E-state index contributed by atoms with van der Waals surface area (Å²) in [6.45, 7) is 0.472. The predicted octanol–water partition coefficient (Wildman–Crippen LogP) is 2.98. The van der Waals surface area contributed by atoms with E-state index in [-0.39, 0.29) is 4.90 Å². The van der Waals surface area contributed by atoms with Crippen molar-refractivity contribution in [1.82, 2.24) is 5.32 Å². The van der Waals surface area contributed by atoms with Crippen LogP contribution in [0, 0.1) is 17.6 Å². The number of nitrogens with two attached hydrogens (primary N) is 1. The third-order valence-electron chi connectivity index (χ3n) is 4.14. The smallest absolute Gasteiger partial charge is 0.407 e. The van der Waals surface area contributed by atoms with Crippen molar-refractivity contribution in [3.05, 3.63) is 64.7 Å². The van der Waals surface area contributed by atoms with E-state index in [1.54, 1.807) is 0 Å². The van der Waals surface area contributed by atoms with Gasteiger partial charge in [-0.2, -0.15) is 0 Å². The summed E-state index contributed by atoms with van der Waals surface area (Å²) in [5, 5.41) is 0.805. The molecule has 7 nitrogen and oxygen atoms in total. The van der Waals surface area contributed by atoms with Crippen molar-refractivity contribution in [3.63, 3.8) is 0 Å². The minimum Gasteiger partial charge on any atom is -0.449 e. The van der Waals surface area contributed by atoms with Gasteiger partial charge in [0.05, 0.1) is 23.3 Å². The lowest BCUT2D eigenvalue weighted by molar-refractivity contribution is -0.117. The van der Waals surface area contributed by atoms with Gasteiger partial charge in [0, 0.05) is 16.5 Å². The van der Waals surface area contributed by atoms with Gasteiger partial charge in [-0.15, -0.1) is 0 Å². The van der Waals surface area contributed by atoms with Gasteiger partial charge < -0.3 is 15.8 Å². The van der Waals surface area contributed by atoms with E-state index in [2.05, 4.69) is 5.32 Å². The third kappa shape index (κ3) is 5.90. The van der Waals surface area contributed by atoms with E-state index in [4.69, 9.17) is 22.1 Å². The SMILES string of the molecule is C[C@H](COC(=O)NCC(N)=O)[C@@H](c1cc(F)ccc1F)S(=O)(=O)c1ccc(Cl)cc1. The van der Waals surface area contributed by atoms with Gasteiger partial charge in [0.25, 0.3) is 0 Å². The maximum Gasteiger partial charge on any atom is 0.407 e. The van der Waals surface area contributed by atoms with Crippen LogP contribution in [0.3, 0.4) is 0 Å². The van der Waals surface area contributed by atoms with Crippen molar-refractivity contribution in [2.24, 2.45) is 11.7 Å². The van der Waals surface area contributed by atoms with Crippen LogP contribution in [0.15, 0.2) is 47.4 Å². The number of carbonyl (C=O) groups excluding carboxylic acids is 2. The molecule has 30 heavy (non-hydrogen) atoms. The highest BCUT2D eigenvalue weighted by Gasteiger charge is 2.36. The molecule has 0 fully saturated rings. The molecule has 3 N–H and O–H groups in total. The molecule has 0 aromatic heterocycles. The first-order valence-corrected chi connectivity index (χ1v) is 10.6. The maximum absolute atomic E-state index is 14.5. The van der Waals surface area contributed by atoms with Crippen molar-refractivity contribution in [3.8, 4) is 0 Å². The van der Waals surface area contributed by atoms with Crippen LogP contribution in [-0.4, -0.2) is 33.6 Å². The molecule has 0 saturated carbocycles. The number of hydrogen-bond donors (Lipinski definition) is 2. The Kier molecular flexibility index (Phi) is 7.74. The van der Waals surface area contributed by atoms with Crippen LogP contribution in [0.5, 0.6) is 0 Å². The van der Waals surface area contributed by atoms with Crippen LogP contribution >= 0.6 is 11.6 Å². The Morgan fingerprint density at radius 2 is 1.80 bits per heavy atom. The second kappa shape index (κ2) is 9.86. The quantitative estimate of drug-likeness (QED) is 0.628. The first-order valence-electron chi connectivity index (χ1n) is 8.65. The van der Waals surface area contributed by atoms with E-state index in [0.29, 0.717) is 5.02 Å². The number of halogens is 3. The molecule has 11 heteroatoms. The summed E-state index contributed by atoms with van der Waals surface area (Å²) in [4.78, 5) is 22.2. The maximum atomic E-state index is 14.5. The van der Waals surface area contributed by atoms with Gasteiger partial charge in [0.1, 0.15) is 11.6 Å². The van der Waals surface area contributed by atoms with Crippen molar-refractivity contribution in [2.75, 3.05) is 13.2 Å². The Hall–Kier alpha value is -2.72. The molecule has 0 aliphatic rings. The average Bonchev–Trinajstić information content (AvgIpc) is 2.67. The lowest BCUT2D eigenvalue weighted by Gasteiger charge is -2.25. The van der Waals surface area contributed by atoms with E-state index >= 15 is 0 Å². The van der Waals surface area contributed by atoms with Crippen molar-refractivity contribution < 1.29 is 31.5 Å². The third-order valence-corrected chi connectivity index (χ3v) is 6.71. The minimum absolute atomic E-state index is 0.161. The summed E-state index contributed by atoms with van der Waals surface area (Å²) in [7, 11) is -4.23. The van der Waals surface area contributed by atoms with Crippen LogP contribution in [0.4, 0.5) is 13.6 Å². The molecule has 0 aliphatic carbocycles. The molecule has 0 unspecified atom stereocenters. The van der Waals surface area contributed by atoms with Crippen LogP contribution in [-0.2, 0) is 19.4 Å². The number of amides is 2. The van der Waals surface area contributed by atoms with Gasteiger partial charge in [-0.3, -0.25) is 4.79 Å². The number of primary amides is 1. The van der Waals surface area contributed by atoms with Crippen molar-refractivity contribution >= 4 is 33.4 Å². The molecule has 0 heterocycles. The second-order valence-corrected chi connectivity index (χ2v) is 8.99. The van der Waals surface area contributed by atoms with Gasteiger partial charge in [-0.05, 0) is 42.5 Å². The van der Waals surface area contributed by atoms with E-state index in [1.165, 1.54) is 31.2 Å². The molecule has 0 saturated heterocycles. The number of rotatable bonds is 8. The topological polar surface area (TPSA) is 116 Å². The van der Waals surface area contributed by atoms with Gasteiger partial charge in [0.15, 0.2) is 9.84 Å². The number of hydrogen-bond acceptors (Lipinski definition) is 5. The number of sulfone groups is 1.